The average Bonchev–Trinajstić information content (AvgIpc) is 2.90. The summed E-state index contributed by atoms with van der Waals surface area (Å²) in [6, 6.07) is 14.4. The summed E-state index contributed by atoms with van der Waals surface area (Å²) >= 11 is 5.87. The van der Waals surface area contributed by atoms with Crippen molar-refractivity contribution in [1.82, 2.24) is 9.72 Å². The largest absolute Gasteiger partial charge is 0.481 e. The maximum atomic E-state index is 11.4. The van der Waals surface area contributed by atoms with Crippen molar-refractivity contribution in [2.45, 2.75) is 6.54 Å². The highest BCUT2D eigenvalue weighted by Gasteiger charge is 2.03. The molecule has 0 aliphatic carbocycles. The van der Waals surface area contributed by atoms with Gasteiger partial charge in [-0.05, 0) is 35.9 Å². The quantitative estimate of drug-likeness (QED) is 0.727. The molecular weight excluding hydrogens is 344 g/mol. The van der Waals surface area contributed by atoms with E-state index in [-0.39, 0.29) is 13.2 Å². The Morgan fingerprint density at radius 3 is 2.64 bits per heavy atom. The molecule has 0 fully saturated rings. The Bertz CT molecular complexity index is 1040. The number of nitrogens with one attached hydrogen (secondary N) is 1. The van der Waals surface area contributed by atoms with Gasteiger partial charge in [-0.25, -0.2) is 14.6 Å². The van der Waals surface area contributed by atoms with E-state index in [1.807, 2.05) is 29.2 Å². The van der Waals surface area contributed by atoms with Crippen LogP contribution in [-0.2, 0) is 6.54 Å². The predicted molar refractivity (Wildman–Crippen MR) is 93.0 cm³/mol. The number of ether oxygens (including phenoxy) is 1. The third-order valence-corrected chi connectivity index (χ3v) is 3.48. The Kier molecular flexibility index (Phi) is 5.07. The summed E-state index contributed by atoms with van der Waals surface area (Å²) in [5.41, 5.74) is 1.04. The zero-order valence-electron chi connectivity index (χ0n) is 13.0. The summed E-state index contributed by atoms with van der Waals surface area (Å²) in [6.45, 7) is 0.412. The van der Waals surface area contributed by atoms with Crippen molar-refractivity contribution < 1.29 is 9.26 Å². The van der Waals surface area contributed by atoms with Crippen molar-refractivity contribution >= 4 is 11.6 Å². The van der Waals surface area contributed by atoms with Crippen LogP contribution in [0, 0.1) is 11.8 Å². The minimum atomic E-state index is -0.771. The van der Waals surface area contributed by atoms with Gasteiger partial charge in [0.2, 0.25) is 0 Å². The molecule has 126 valence electrons. The Morgan fingerprint density at radius 1 is 1.16 bits per heavy atom. The molecule has 7 heteroatoms. The van der Waals surface area contributed by atoms with Crippen LogP contribution in [0.15, 0.2) is 62.6 Å². The Morgan fingerprint density at radius 2 is 1.96 bits per heavy atom. The van der Waals surface area contributed by atoms with Gasteiger partial charge < -0.3 is 9.26 Å². The van der Waals surface area contributed by atoms with Crippen molar-refractivity contribution in [2.24, 2.45) is 0 Å². The third-order valence-electron chi connectivity index (χ3n) is 3.25. The van der Waals surface area contributed by atoms with Gasteiger partial charge in [0.05, 0.1) is 6.54 Å². The van der Waals surface area contributed by atoms with Crippen molar-refractivity contribution in [3.05, 3.63) is 85.7 Å². The van der Waals surface area contributed by atoms with Gasteiger partial charge in [0.15, 0.2) is 0 Å². The molecule has 6 nitrogen and oxygen atoms in total. The molecule has 0 aliphatic rings. The van der Waals surface area contributed by atoms with Crippen LogP contribution in [-0.4, -0.2) is 16.3 Å². The zero-order valence-corrected chi connectivity index (χ0v) is 13.7. The van der Waals surface area contributed by atoms with E-state index in [2.05, 4.69) is 11.8 Å². The molecule has 3 rings (SSSR count). The molecule has 0 atom stereocenters. The fourth-order valence-corrected chi connectivity index (χ4v) is 2.27. The number of aromatic amines is 1. The van der Waals surface area contributed by atoms with Gasteiger partial charge in [-0.15, -0.1) is 4.74 Å². The fraction of sp³-hybridized carbons (Fsp3) is 0.111. The van der Waals surface area contributed by atoms with E-state index in [1.165, 1.54) is 0 Å². The Labute approximate surface area is 147 Å². The van der Waals surface area contributed by atoms with Gasteiger partial charge in [0.25, 0.3) is 0 Å². The van der Waals surface area contributed by atoms with Crippen LogP contribution in [0.4, 0.5) is 0 Å². The van der Waals surface area contributed by atoms with Crippen LogP contribution in [0.1, 0.15) is 11.1 Å². The molecule has 0 aliphatic heterocycles. The Balaban J connectivity index is 1.58. The number of halogens is 1. The molecule has 0 radical (unpaired) electrons. The second-order valence-corrected chi connectivity index (χ2v) is 5.53. The number of hydrogen-bond acceptors (Lipinski definition) is 4. The molecule has 2 aromatic carbocycles. The summed E-state index contributed by atoms with van der Waals surface area (Å²) in [6.07, 6.45) is 0. The van der Waals surface area contributed by atoms with Gasteiger partial charge >= 0.3 is 11.4 Å². The average molecular weight is 357 g/mol. The van der Waals surface area contributed by atoms with Crippen LogP contribution in [0.25, 0.3) is 0 Å². The van der Waals surface area contributed by atoms with E-state index >= 15 is 0 Å². The standard InChI is InChI=1S/C18H13ClN2O4/c19-15-4-1-5-16(11-15)24-10-2-3-13-6-8-14(9-7-13)12-21-17(22)20-18(23)25-21/h1,4-9,11H,10,12H2,(H,20,22,23). The number of rotatable bonds is 4. The van der Waals surface area contributed by atoms with Gasteiger partial charge in [0, 0.05) is 10.6 Å². The monoisotopic (exact) mass is 356 g/mol. The van der Waals surface area contributed by atoms with Crippen molar-refractivity contribution in [2.75, 3.05) is 6.61 Å². The SMILES string of the molecule is O=c1[nH]c(=O)n(Cc2ccc(C#CCOc3cccc(Cl)c3)cc2)o1. The van der Waals surface area contributed by atoms with Gasteiger partial charge in [0.1, 0.15) is 12.4 Å². The predicted octanol–water partition coefficient (Wildman–Crippen LogP) is 2.26. The van der Waals surface area contributed by atoms with Crippen LogP contribution in [0.2, 0.25) is 5.02 Å². The van der Waals surface area contributed by atoms with Gasteiger partial charge in [-0.2, -0.15) is 0 Å². The maximum Gasteiger partial charge on any atom is 0.440 e. The first-order chi connectivity index (χ1) is 12.1. The topological polar surface area (TPSA) is 77.2 Å². The van der Waals surface area contributed by atoms with E-state index < -0.39 is 11.4 Å². The number of nitrogens with zero attached hydrogens (tertiary/aromatic N) is 1. The molecule has 1 aromatic heterocycles. The molecule has 0 bridgehead atoms. The minimum Gasteiger partial charge on any atom is -0.481 e. The molecule has 0 amide bonds. The fourth-order valence-electron chi connectivity index (χ4n) is 2.09. The van der Waals surface area contributed by atoms with Gasteiger partial charge in [-0.3, -0.25) is 0 Å². The normalized spacial score (nSPS) is 10.1. The van der Waals surface area contributed by atoms with Crippen molar-refractivity contribution in [1.29, 1.82) is 0 Å². The second-order valence-electron chi connectivity index (χ2n) is 5.09. The smallest absolute Gasteiger partial charge is 0.440 e. The van der Waals surface area contributed by atoms with Gasteiger partial charge in [-0.1, -0.05) is 41.6 Å². The number of aromatic nitrogens is 2. The lowest BCUT2D eigenvalue weighted by Crippen LogP contribution is -2.17. The number of benzene rings is 2. The highest BCUT2D eigenvalue weighted by molar-refractivity contribution is 6.30. The highest BCUT2D eigenvalue weighted by atomic mass is 35.5. The summed E-state index contributed by atoms with van der Waals surface area (Å²) in [5.74, 6) is 5.79. The van der Waals surface area contributed by atoms with Crippen LogP contribution >= 0.6 is 11.6 Å². The molecule has 1 heterocycles. The third kappa shape index (κ3) is 4.66. The Hall–Kier alpha value is -3.17. The van der Waals surface area contributed by atoms with Crippen LogP contribution in [0.5, 0.6) is 5.75 Å². The van der Waals surface area contributed by atoms with Crippen LogP contribution in [0.3, 0.4) is 0 Å². The summed E-state index contributed by atoms with van der Waals surface area (Å²) < 4.78 is 11.2. The molecule has 0 spiro atoms. The minimum absolute atomic E-state index is 0.170. The molecule has 1 N–H and O–H groups in total. The van der Waals surface area contributed by atoms with Crippen molar-refractivity contribution in [3.63, 3.8) is 0 Å². The molecule has 25 heavy (non-hydrogen) atoms. The maximum absolute atomic E-state index is 11.4. The summed E-state index contributed by atoms with van der Waals surface area (Å²) in [5, 5.41) is 0.610. The first-order valence-electron chi connectivity index (χ1n) is 7.37. The van der Waals surface area contributed by atoms with Crippen molar-refractivity contribution in [3.8, 4) is 17.6 Å². The van der Waals surface area contributed by atoms with E-state index in [0.29, 0.717) is 10.8 Å². The van der Waals surface area contributed by atoms with E-state index in [1.54, 1.807) is 24.3 Å². The highest BCUT2D eigenvalue weighted by Crippen LogP contribution is 2.16. The first kappa shape index (κ1) is 16.7. The lowest BCUT2D eigenvalue weighted by atomic mass is 10.1. The molecule has 0 saturated heterocycles. The lowest BCUT2D eigenvalue weighted by molar-refractivity contribution is 0.258. The summed E-state index contributed by atoms with van der Waals surface area (Å²) in [4.78, 5) is 24.4. The van der Waals surface area contributed by atoms with E-state index in [4.69, 9.17) is 20.9 Å². The first-order valence-corrected chi connectivity index (χ1v) is 7.74. The number of H-pyrrole nitrogens is 1. The second kappa shape index (κ2) is 7.60. The van der Waals surface area contributed by atoms with E-state index in [0.717, 1.165) is 15.9 Å². The molecule has 0 saturated carbocycles. The number of hydrogen-bond donors (Lipinski definition) is 1. The zero-order chi connectivity index (χ0) is 17.6. The molecule has 3 aromatic rings. The summed E-state index contributed by atoms with van der Waals surface area (Å²) in [7, 11) is 0. The van der Waals surface area contributed by atoms with Crippen LogP contribution < -0.4 is 16.2 Å². The van der Waals surface area contributed by atoms with E-state index in [9.17, 15) is 9.59 Å². The lowest BCUT2D eigenvalue weighted by Gasteiger charge is -2.01. The molecule has 0 unspecified atom stereocenters. The molecular formula is C18H13ClN2O4.